The van der Waals surface area contributed by atoms with Gasteiger partial charge < -0.3 is 10.1 Å². The van der Waals surface area contributed by atoms with E-state index >= 15 is 0 Å². The number of aryl methyl sites for hydroxylation is 1. The van der Waals surface area contributed by atoms with Crippen molar-refractivity contribution in [3.8, 4) is 5.00 Å². The standard InChI is InChI=1S/C29H30ClN5O2S/c1-16-33-34-27-29(8-9-29)32-24(18-4-2-3-5-20(18)30)23-19-14-17(15-21(19)38-26(23)35(16)27)25(36)31-22-6-7-28(22)10-12-37-13-11-28/h2-5,17,22H,6-15H2,1H3,(H,31,36)/t17-,22?/m0/s1. The molecule has 0 radical (unpaired) electrons. The average Bonchev–Trinajstić information content (AvgIpc) is 3.26. The van der Waals surface area contributed by atoms with Crippen LogP contribution in [0.15, 0.2) is 29.3 Å². The number of ether oxygens (including phenoxy) is 1. The quantitative estimate of drug-likeness (QED) is 0.504. The maximum absolute atomic E-state index is 13.6. The van der Waals surface area contributed by atoms with Crippen LogP contribution in [0, 0.1) is 18.3 Å². The topological polar surface area (TPSA) is 81.4 Å². The number of aliphatic imine (C=N–C) groups is 1. The number of benzene rings is 1. The third-order valence-corrected chi connectivity index (χ3v) is 11.2. The number of aromatic nitrogens is 3. The highest BCUT2D eigenvalue weighted by atomic mass is 35.5. The van der Waals surface area contributed by atoms with Gasteiger partial charge in [0.15, 0.2) is 5.82 Å². The molecular weight excluding hydrogens is 518 g/mol. The van der Waals surface area contributed by atoms with E-state index in [1.165, 1.54) is 16.9 Å². The molecule has 3 aliphatic carbocycles. The molecule has 2 saturated carbocycles. The highest BCUT2D eigenvalue weighted by Gasteiger charge is 2.53. The lowest BCUT2D eigenvalue weighted by Crippen LogP contribution is -2.58. The summed E-state index contributed by atoms with van der Waals surface area (Å²) in [5.41, 5.74) is 4.15. The third-order valence-electron chi connectivity index (χ3n) is 9.66. The van der Waals surface area contributed by atoms with E-state index in [0.29, 0.717) is 5.02 Å². The number of nitrogens with one attached hydrogen (secondary N) is 1. The molecule has 9 heteroatoms. The van der Waals surface area contributed by atoms with Gasteiger partial charge in [-0.25, -0.2) is 0 Å². The van der Waals surface area contributed by atoms with Crippen molar-refractivity contribution in [1.29, 1.82) is 0 Å². The molecule has 0 bridgehead atoms. The molecule has 3 fully saturated rings. The second kappa shape index (κ2) is 8.23. The van der Waals surface area contributed by atoms with Crippen molar-refractivity contribution < 1.29 is 9.53 Å². The van der Waals surface area contributed by atoms with Crippen LogP contribution in [0.1, 0.15) is 71.7 Å². The molecule has 38 heavy (non-hydrogen) atoms. The zero-order valence-electron chi connectivity index (χ0n) is 21.4. The van der Waals surface area contributed by atoms with E-state index in [1.807, 2.05) is 25.1 Å². The first-order valence-electron chi connectivity index (χ1n) is 13.8. The molecule has 3 aromatic rings. The Morgan fingerprint density at radius 2 is 1.95 bits per heavy atom. The van der Waals surface area contributed by atoms with E-state index in [9.17, 15) is 4.79 Å². The normalized spacial score (nSPS) is 25.7. The molecule has 1 saturated heterocycles. The van der Waals surface area contributed by atoms with Gasteiger partial charge in [-0.2, -0.15) is 0 Å². The third kappa shape index (κ3) is 3.29. The molecule has 7 nitrogen and oxygen atoms in total. The molecule has 5 aliphatic rings. The smallest absolute Gasteiger partial charge is 0.224 e. The van der Waals surface area contributed by atoms with Gasteiger partial charge in [0, 0.05) is 46.2 Å². The molecule has 1 amide bonds. The lowest BCUT2D eigenvalue weighted by atomic mass is 9.60. The van der Waals surface area contributed by atoms with Crippen molar-refractivity contribution in [3.63, 3.8) is 0 Å². The summed E-state index contributed by atoms with van der Waals surface area (Å²) in [5, 5.41) is 14.3. The molecular formula is C29H30ClN5O2S. The fourth-order valence-corrected chi connectivity index (χ4v) is 8.81. The van der Waals surface area contributed by atoms with Crippen LogP contribution in [-0.4, -0.2) is 45.6 Å². The number of nitrogens with zero attached hydrogens (tertiary/aromatic N) is 4. The van der Waals surface area contributed by atoms with E-state index in [2.05, 4.69) is 26.1 Å². The number of carbonyl (C=O) groups excluding carboxylic acids is 1. The number of thiophene rings is 1. The van der Waals surface area contributed by atoms with Gasteiger partial charge in [0.05, 0.1) is 5.71 Å². The van der Waals surface area contributed by atoms with Crippen molar-refractivity contribution in [2.24, 2.45) is 16.3 Å². The number of fused-ring (bicyclic) bond motifs is 6. The molecule has 4 heterocycles. The number of carbonyl (C=O) groups is 1. The second-order valence-corrected chi connectivity index (χ2v) is 13.2. The first-order valence-corrected chi connectivity index (χ1v) is 15.0. The largest absolute Gasteiger partial charge is 0.381 e. The predicted molar refractivity (Wildman–Crippen MR) is 147 cm³/mol. The predicted octanol–water partition coefficient (Wildman–Crippen LogP) is 4.92. The van der Waals surface area contributed by atoms with Crippen LogP contribution in [0.5, 0.6) is 0 Å². The minimum atomic E-state index is -0.348. The minimum Gasteiger partial charge on any atom is -0.381 e. The van der Waals surface area contributed by atoms with Crippen LogP contribution in [0.25, 0.3) is 5.00 Å². The Bertz CT molecular complexity index is 1510. The summed E-state index contributed by atoms with van der Waals surface area (Å²) in [6, 6.07) is 8.26. The van der Waals surface area contributed by atoms with Gasteiger partial charge >= 0.3 is 0 Å². The molecule has 1 unspecified atom stereocenters. The Kier molecular flexibility index (Phi) is 5.05. The van der Waals surface area contributed by atoms with E-state index in [4.69, 9.17) is 21.3 Å². The van der Waals surface area contributed by atoms with Crippen LogP contribution in [0.2, 0.25) is 5.02 Å². The Labute approximate surface area is 230 Å². The van der Waals surface area contributed by atoms with Crippen molar-refractivity contribution in [1.82, 2.24) is 20.1 Å². The zero-order chi connectivity index (χ0) is 25.6. The van der Waals surface area contributed by atoms with E-state index < -0.39 is 0 Å². The Hall–Kier alpha value is -2.55. The maximum atomic E-state index is 13.6. The van der Waals surface area contributed by atoms with Crippen LogP contribution in [0.4, 0.5) is 0 Å². The first kappa shape index (κ1) is 23.3. The van der Waals surface area contributed by atoms with Crippen LogP contribution in [0.3, 0.4) is 0 Å². The fraction of sp³-hybridized carbons (Fsp3) is 0.517. The molecule has 2 aromatic heterocycles. The summed E-state index contributed by atoms with van der Waals surface area (Å²) in [5.74, 6) is 1.96. The SMILES string of the molecule is Cc1nnc2n1-c1sc3c(c1C(c1ccccc1Cl)=NC21CC1)C[C@H](C(=O)NC1CCC12CCOCC2)C3. The minimum absolute atomic E-state index is 0.0499. The highest BCUT2D eigenvalue weighted by molar-refractivity contribution is 7.15. The molecule has 1 N–H and O–H groups in total. The molecule has 2 aliphatic heterocycles. The number of rotatable bonds is 3. The molecule has 2 spiro atoms. The van der Waals surface area contributed by atoms with Crippen molar-refractivity contribution in [2.75, 3.05) is 13.2 Å². The first-order chi connectivity index (χ1) is 18.5. The van der Waals surface area contributed by atoms with Gasteiger partial charge in [0.1, 0.15) is 16.4 Å². The van der Waals surface area contributed by atoms with Crippen molar-refractivity contribution in [2.45, 2.75) is 69.9 Å². The lowest BCUT2D eigenvalue weighted by Gasteiger charge is -2.52. The zero-order valence-corrected chi connectivity index (χ0v) is 23.0. The fourth-order valence-electron chi connectivity index (χ4n) is 7.12. The van der Waals surface area contributed by atoms with Gasteiger partial charge in [-0.15, -0.1) is 21.5 Å². The average molecular weight is 548 g/mol. The Morgan fingerprint density at radius 3 is 2.68 bits per heavy atom. The summed E-state index contributed by atoms with van der Waals surface area (Å²) in [7, 11) is 0. The van der Waals surface area contributed by atoms with E-state index in [1.54, 1.807) is 11.3 Å². The second-order valence-electron chi connectivity index (χ2n) is 11.7. The summed E-state index contributed by atoms with van der Waals surface area (Å²) in [6.45, 7) is 3.65. The maximum Gasteiger partial charge on any atom is 0.224 e. The molecule has 2 atom stereocenters. The summed E-state index contributed by atoms with van der Waals surface area (Å²) in [6.07, 6.45) is 7.79. The van der Waals surface area contributed by atoms with Gasteiger partial charge in [0.25, 0.3) is 0 Å². The number of hydrogen-bond acceptors (Lipinski definition) is 6. The summed E-state index contributed by atoms with van der Waals surface area (Å²) in [4.78, 5) is 20.3. The van der Waals surface area contributed by atoms with Crippen molar-refractivity contribution >= 4 is 34.6 Å². The molecule has 196 valence electrons. The van der Waals surface area contributed by atoms with E-state index in [-0.39, 0.29) is 28.8 Å². The lowest BCUT2D eigenvalue weighted by molar-refractivity contribution is -0.130. The number of halogens is 1. The number of hydrogen-bond donors (Lipinski definition) is 1. The molecule has 8 rings (SSSR count). The monoisotopic (exact) mass is 547 g/mol. The Balaban J connectivity index is 1.17. The molecule has 1 aromatic carbocycles. The van der Waals surface area contributed by atoms with Crippen LogP contribution in [-0.2, 0) is 27.9 Å². The van der Waals surface area contributed by atoms with Crippen molar-refractivity contribution in [3.05, 3.63) is 62.5 Å². The summed E-state index contributed by atoms with van der Waals surface area (Å²) >= 11 is 8.55. The van der Waals surface area contributed by atoms with Gasteiger partial charge in [-0.3, -0.25) is 14.4 Å². The highest BCUT2D eigenvalue weighted by Crippen LogP contribution is 2.54. The van der Waals surface area contributed by atoms with Crippen LogP contribution >= 0.6 is 22.9 Å². The van der Waals surface area contributed by atoms with Gasteiger partial charge in [-0.05, 0) is 75.3 Å². The van der Waals surface area contributed by atoms with Gasteiger partial charge in [-0.1, -0.05) is 29.8 Å². The van der Waals surface area contributed by atoms with Gasteiger partial charge in [0.2, 0.25) is 5.91 Å². The Morgan fingerprint density at radius 1 is 1.13 bits per heavy atom. The van der Waals surface area contributed by atoms with E-state index in [0.717, 1.165) is 91.6 Å². The summed E-state index contributed by atoms with van der Waals surface area (Å²) < 4.78 is 7.83. The number of amides is 1. The van der Waals surface area contributed by atoms with Crippen LogP contribution < -0.4 is 5.32 Å².